The molecule has 182 valence electrons. The number of methoxy groups -OCH3 is 1. The molecule has 0 unspecified atom stereocenters. The lowest BCUT2D eigenvalue weighted by molar-refractivity contribution is -0.137. The Hall–Kier alpha value is -2.97. The lowest BCUT2D eigenvalue weighted by atomic mass is 10.0. The van der Waals surface area contributed by atoms with Crippen molar-refractivity contribution in [2.45, 2.75) is 50.9 Å². The normalized spacial score (nSPS) is 21.4. The summed E-state index contributed by atoms with van der Waals surface area (Å²) in [6.45, 7) is 4.88. The molecule has 2 aliphatic heterocycles. The minimum Gasteiger partial charge on any atom is -0.497 e. The van der Waals surface area contributed by atoms with E-state index in [1.165, 1.54) is 0 Å². The van der Waals surface area contributed by atoms with E-state index in [-0.39, 0.29) is 23.9 Å². The molecule has 1 aromatic carbocycles. The van der Waals surface area contributed by atoms with E-state index in [1.807, 2.05) is 47.1 Å². The van der Waals surface area contributed by atoms with Crippen LogP contribution in [0.2, 0.25) is 0 Å². The summed E-state index contributed by atoms with van der Waals surface area (Å²) in [4.78, 5) is 36.4. The van der Waals surface area contributed by atoms with Crippen LogP contribution >= 0.6 is 0 Å². The molecule has 2 aliphatic rings. The van der Waals surface area contributed by atoms with Gasteiger partial charge >= 0.3 is 0 Å². The fourth-order valence-electron chi connectivity index (χ4n) is 5.09. The predicted molar refractivity (Wildman–Crippen MR) is 128 cm³/mol. The van der Waals surface area contributed by atoms with E-state index in [0.717, 1.165) is 18.4 Å². The maximum Gasteiger partial charge on any atom is 0.253 e. The van der Waals surface area contributed by atoms with Crippen LogP contribution in [0, 0.1) is 0 Å². The number of hydrogen-bond donors (Lipinski definition) is 1. The Balaban J connectivity index is 1.39. The fourth-order valence-corrected chi connectivity index (χ4v) is 5.09. The summed E-state index contributed by atoms with van der Waals surface area (Å²) < 4.78 is 5.25. The third kappa shape index (κ3) is 5.39. The van der Waals surface area contributed by atoms with E-state index in [0.29, 0.717) is 50.5 Å². The van der Waals surface area contributed by atoms with Gasteiger partial charge in [0.05, 0.1) is 19.3 Å². The highest BCUT2D eigenvalue weighted by Crippen LogP contribution is 2.29. The number of nitrogens with zero attached hydrogens (tertiary/aromatic N) is 4. The van der Waals surface area contributed by atoms with E-state index >= 15 is 0 Å². The number of ether oxygens (including phenoxy) is 1. The summed E-state index contributed by atoms with van der Waals surface area (Å²) in [6.07, 6.45) is 4.98. The monoisotopic (exact) mass is 466 g/mol. The first-order valence-electron chi connectivity index (χ1n) is 12.0. The molecular formula is C26H34N4O4. The number of carbonyl (C=O) groups is 2. The van der Waals surface area contributed by atoms with Gasteiger partial charge in [0, 0.05) is 56.7 Å². The maximum absolute atomic E-state index is 13.5. The topological polar surface area (TPSA) is 86.2 Å². The van der Waals surface area contributed by atoms with E-state index in [2.05, 4.69) is 9.88 Å². The zero-order valence-corrected chi connectivity index (χ0v) is 20.0. The number of carbonyl (C=O) groups excluding carboxylic acids is 2. The lowest BCUT2D eigenvalue weighted by Gasteiger charge is -2.40. The van der Waals surface area contributed by atoms with Crippen molar-refractivity contribution in [3.63, 3.8) is 0 Å². The Labute approximate surface area is 201 Å². The highest BCUT2D eigenvalue weighted by atomic mass is 16.5. The Morgan fingerprint density at radius 1 is 1.18 bits per heavy atom. The number of aliphatic hydroxyl groups excluding tert-OH is 1. The smallest absolute Gasteiger partial charge is 0.253 e. The minimum atomic E-state index is -0.509. The molecule has 8 heteroatoms. The van der Waals surface area contributed by atoms with Crippen LogP contribution in [-0.2, 0) is 11.3 Å². The number of aromatic nitrogens is 1. The molecule has 2 saturated heterocycles. The van der Waals surface area contributed by atoms with Crippen molar-refractivity contribution >= 4 is 11.8 Å². The van der Waals surface area contributed by atoms with Crippen LogP contribution in [0.15, 0.2) is 48.8 Å². The Bertz CT molecular complexity index is 978. The van der Waals surface area contributed by atoms with Crippen molar-refractivity contribution in [1.29, 1.82) is 0 Å². The molecule has 2 amide bonds. The first-order valence-corrected chi connectivity index (χ1v) is 12.0. The Kier molecular flexibility index (Phi) is 7.80. The number of likely N-dealkylation sites (tertiary alicyclic amines) is 2. The minimum absolute atomic E-state index is 0.000872. The molecular weight excluding hydrogens is 432 g/mol. The molecule has 34 heavy (non-hydrogen) atoms. The average molecular weight is 467 g/mol. The molecule has 2 atom stereocenters. The SMILES string of the molecule is CCN(Cc1ccncc1)C(=O)[C@@H]1C[C@@H](O)CN1C1CCN(C(=O)c2cccc(OC)c2)CC1. The number of piperidine rings is 1. The van der Waals surface area contributed by atoms with Crippen LogP contribution < -0.4 is 4.74 Å². The van der Waals surface area contributed by atoms with Crippen LogP contribution in [0.25, 0.3) is 0 Å². The van der Waals surface area contributed by atoms with Gasteiger partial charge in [-0.25, -0.2) is 0 Å². The number of hydrogen-bond acceptors (Lipinski definition) is 6. The number of benzene rings is 1. The molecule has 4 rings (SSSR count). The Morgan fingerprint density at radius 3 is 2.59 bits per heavy atom. The number of pyridine rings is 1. The molecule has 2 fully saturated rings. The highest BCUT2D eigenvalue weighted by Gasteiger charge is 2.42. The number of β-amino-alcohol motifs (C(OH)–C–C–N with tert-alkyl or cyclic N) is 1. The largest absolute Gasteiger partial charge is 0.497 e. The molecule has 0 bridgehead atoms. The van der Waals surface area contributed by atoms with Crippen LogP contribution in [-0.4, -0.2) is 88.1 Å². The molecule has 3 heterocycles. The van der Waals surface area contributed by atoms with Gasteiger partial charge in [-0.3, -0.25) is 19.5 Å². The summed E-state index contributed by atoms with van der Waals surface area (Å²) in [5, 5.41) is 10.4. The van der Waals surface area contributed by atoms with Crippen molar-refractivity contribution in [2.75, 3.05) is 33.3 Å². The zero-order chi connectivity index (χ0) is 24.1. The Morgan fingerprint density at radius 2 is 1.91 bits per heavy atom. The van der Waals surface area contributed by atoms with Crippen LogP contribution in [0.3, 0.4) is 0 Å². The molecule has 0 saturated carbocycles. The summed E-state index contributed by atoms with van der Waals surface area (Å²) in [6, 6.07) is 10.9. The highest BCUT2D eigenvalue weighted by molar-refractivity contribution is 5.94. The zero-order valence-electron chi connectivity index (χ0n) is 20.0. The van der Waals surface area contributed by atoms with Crippen molar-refractivity contribution < 1.29 is 19.4 Å². The van der Waals surface area contributed by atoms with Gasteiger partial charge in [0.2, 0.25) is 5.91 Å². The summed E-state index contributed by atoms with van der Waals surface area (Å²) in [5.41, 5.74) is 1.66. The van der Waals surface area contributed by atoms with E-state index in [1.54, 1.807) is 25.6 Å². The predicted octanol–water partition coefficient (Wildman–Crippen LogP) is 2.18. The van der Waals surface area contributed by atoms with Gasteiger partial charge in [0.1, 0.15) is 5.75 Å². The van der Waals surface area contributed by atoms with Crippen molar-refractivity contribution in [3.8, 4) is 5.75 Å². The van der Waals surface area contributed by atoms with Gasteiger partial charge in [0.15, 0.2) is 0 Å². The second kappa shape index (κ2) is 11.0. The van der Waals surface area contributed by atoms with Gasteiger partial charge in [-0.1, -0.05) is 6.07 Å². The van der Waals surface area contributed by atoms with Gasteiger partial charge in [-0.2, -0.15) is 0 Å². The summed E-state index contributed by atoms with van der Waals surface area (Å²) in [5.74, 6) is 0.729. The molecule has 2 aromatic rings. The number of aliphatic hydroxyl groups is 1. The van der Waals surface area contributed by atoms with E-state index < -0.39 is 6.10 Å². The quantitative estimate of drug-likeness (QED) is 0.673. The average Bonchev–Trinajstić information content (AvgIpc) is 3.28. The molecule has 1 N–H and O–H groups in total. The maximum atomic E-state index is 13.5. The second-order valence-corrected chi connectivity index (χ2v) is 9.07. The number of likely N-dealkylation sites (N-methyl/N-ethyl adjacent to an activating group) is 1. The van der Waals surface area contributed by atoms with Crippen LogP contribution in [0.1, 0.15) is 42.1 Å². The van der Waals surface area contributed by atoms with E-state index in [9.17, 15) is 14.7 Å². The van der Waals surface area contributed by atoms with Crippen LogP contribution in [0.4, 0.5) is 0 Å². The van der Waals surface area contributed by atoms with Gasteiger partial charge in [-0.05, 0) is 62.1 Å². The van der Waals surface area contributed by atoms with Gasteiger partial charge < -0.3 is 19.6 Å². The van der Waals surface area contributed by atoms with E-state index in [4.69, 9.17) is 4.74 Å². The molecule has 8 nitrogen and oxygen atoms in total. The molecule has 0 aliphatic carbocycles. The summed E-state index contributed by atoms with van der Waals surface area (Å²) in [7, 11) is 1.59. The van der Waals surface area contributed by atoms with Gasteiger partial charge in [0.25, 0.3) is 5.91 Å². The molecule has 0 spiro atoms. The van der Waals surface area contributed by atoms with Crippen LogP contribution in [0.5, 0.6) is 5.75 Å². The number of rotatable bonds is 7. The van der Waals surface area contributed by atoms with Crippen molar-refractivity contribution in [2.24, 2.45) is 0 Å². The number of amides is 2. The van der Waals surface area contributed by atoms with Crippen molar-refractivity contribution in [1.82, 2.24) is 19.7 Å². The molecule has 1 aromatic heterocycles. The van der Waals surface area contributed by atoms with Gasteiger partial charge in [-0.15, -0.1) is 0 Å². The first kappa shape index (κ1) is 24.2. The molecule has 0 radical (unpaired) electrons. The van der Waals surface area contributed by atoms with Crippen molar-refractivity contribution in [3.05, 3.63) is 59.9 Å². The first-order chi connectivity index (χ1) is 16.5. The fraction of sp³-hybridized carbons (Fsp3) is 0.500. The lowest BCUT2D eigenvalue weighted by Crippen LogP contribution is -2.52. The summed E-state index contributed by atoms with van der Waals surface area (Å²) >= 11 is 0. The third-order valence-corrected chi connectivity index (χ3v) is 6.96. The third-order valence-electron chi connectivity index (χ3n) is 6.96. The standard InChI is InChI=1S/C26H34N4O4/c1-3-28(17-19-7-11-27-12-8-19)26(33)24-16-22(31)18-30(24)21-9-13-29(14-10-21)25(32)20-5-4-6-23(15-20)34-2/h4-8,11-12,15,21-22,24,31H,3,9-10,13-14,16-18H2,1-2H3/t22-,24+/m1/s1. The second-order valence-electron chi connectivity index (χ2n) is 9.07.